The minimum atomic E-state index is -0.246. The Hall–Kier alpha value is -2.60. The Morgan fingerprint density at radius 2 is 1.96 bits per heavy atom. The first-order valence-electron chi connectivity index (χ1n) is 9.00. The summed E-state index contributed by atoms with van der Waals surface area (Å²) in [5.41, 5.74) is 1.17. The smallest absolute Gasteiger partial charge is 0.286 e. The minimum Gasteiger partial charge on any atom is -0.459 e. The summed E-state index contributed by atoms with van der Waals surface area (Å²) >= 11 is 0. The van der Waals surface area contributed by atoms with Crippen molar-refractivity contribution in [3.05, 3.63) is 60.1 Å². The number of carbonyl (C=O) groups is 2. The lowest BCUT2D eigenvalue weighted by atomic mass is 10.0. The van der Waals surface area contributed by atoms with Crippen molar-refractivity contribution in [2.45, 2.75) is 18.9 Å². The van der Waals surface area contributed by atoms with Crippen LogP contribution in [-0.2, 0) is 4.79 Å². The molecule has 138 valence electrons. The summed E-state index contributed by atoms with van der Waals surface area (Å²) in [7, 11) is 2.09. The zero-order chi connectivity index (χ0) is 18.4. The van der Waals surface area contributed by atoms with E-state index in [0.29, 0.717) is 25.1 Å². The van der Waals surface area contributed by atoms with E-state index in [0.717, 1.165) is 19.6 Å². The highest BCUT2D eigenvalue weighted by Gasteiger charge is 2.29. The summed E-state index contributed by atoms with van der Waals surface area (Å²) in [6.45, 7) is 2.90. The molecule has 1 saturated heterocycles. The maximum atomic E-state index is 12.7. The molecule has 2 aromatic rings. The van der Waals surface area contributed by atoms with Crippen LogP contribution in [0.3, 0.4) is 0 Å². The number of nitrogens with zero attached hydrogens (tertiary/aromatic N) is 2. The molecule has 1 N–H and O–H groups in total. The quantitative estimate of drug-likeness (QED) is 0.808. The fourth-order valence-electron chi connectivity index (χ4n) is 3.26. The lowest BCUT2D eigenvalue weighted by Crippen LogP contribution is -2.49. The van der Waals surface area contributed by atoms with Gasteiger partial charge in [0, 0.05) is 32.6 Å². The molecule has 1 unspecified atom stereocenters. The number of hydrogen-bond donors (Lipinski definition) is 1. The third kappa shape index (κ3) is 4.52. The maximum absolute atomic E-state index is 12.7. The van der Waals surface area contributed by atoms with Crippen LogP contribution in [0.1, 0.15) is 35.0 Å². The van der Waals surface area contributed by atoms with E-state index in [1.165, 1.54) is 11.8 Å². The van der Waals surface area contributed by atoms with E-state index in [-0.39, 0.29) is 17.9 Å². The van der Waals surface area contributed by atoms with E-state index >= 15 is 0 Å². The van der Waals surface area contributed by atoms with Gasteiger partial charge in [0.2, 0.25) is 5.91 Å². The van der Waals surface area contributed by atoms with Crippen molar-refractivity contribution in [1.29, 1.82) is 0 Å². The number of rotatable bonds is 6. The first kappa shape index (κ1) is 18.2. The number of hydrogen-bond acceptors (Lipinski definition) is 4. The van der Waals surface area contributed by atoms with Crippen LogP contribution in [-0.4, -0.2) is 54.8 Å². The third-order valence-electron chi connectivity index (χ3n) is 4.69. The molecule has 6 heteroatoms. The molecule has 3 rings (SSSR count). The maximum Gasteiger partial charge on any atom is 0.286 e. The van der Waals surface area contributed by atoms with Gasteiger partial charge in [0.1, 0.15) is 0 Å². The summed E-state index contributed by atoms with van der Waals surface area (Å²) in [5, 5.41) is 2.78. The molecular formula is C20H25N3O3. The van der Waals surface area contributed by atoms with E-state index in [9.17, 15) is 9.59 Å². The van der Waals surface area contributed by atoms with Crippen LogP contribution in [0.4, 0.5) is 0 Å². The van der Waals surface area contributed by atoms with Crippen molar-refractivity contribution >= 4 is 11.8 Å². The second kappa shape index (κ2) is 8.67. The van der Waals surface area contributed by atoms with Crippen LogP contribution in [0.25, 0.3) is 0 Å². The highest BCUT2D eigenvalue weighted by atomic mass is 16.3. The van der Waals surface area contributed by atoms with Gasteiger partial charge in [-0.1, -0.05) is 30.3 Å². The molecular weight excluding hydrogens is 330 g/mol. The predicted molar refractivity (Wildman–Crippen MR) is 98.7 cm³/mol. The lowest BCUT2D eigenvalue weighted by molar-refractivity contribution is -0.136. The largest absolute Gasteiger partial charge is 0.459 e. The van der Waals surface area contributed by atoms with Gasteiger partial charge >= 0.3 is 0 Å². The molecule has 1 atom stereocenters. The summed E-state index contributed by atoms with van der Waals surface area (Å²) in [5.74, 6) is 0.183. The normalized spacial score (nSPS) is 17.9. The van der Waals surface area contributed by atoms with E-state index in [1.54, 1.807) is 12.1 Å². The van der Waals surface area contributed by atoms with Gasteiger partial charge in [-0.15, -0.1) is 0 Å². The van der Waals surface area contributed by atoms with E-state index in [1.807, 2.05) is 23.1 Å². The summed E-state index contributed by atoms with van der Waals surface area (Å²) in [6, 6.07) is 13.5. The molecule has 0 saturated carbocycles. The number of likely N-dealkylation sites (N-methyl/N-ethyl adjacent to an activating group) is 1. The number of piperazine rings is 1. The number of nitrogens with one attached hydrogen (secondary N) is 1. The van der Waals surface area contributed by atoms with Gasteiger partial charge < -0.3 is 19.5 Å². The van der Waals surface area contributed by atoms with Gasteiger partial charge in [-0.05, 0) is 31.2 Å². The number of carbonyl (C=O) groups excluding carboxylic acids is 2. The molecule has 1 aromatic heterocycles. The number of benzene rings is 1. The van der Waals surface area contributed by atoms with Gasteiger partial charge in [-0.3, -0.25) is 9.59 Å². The Morgan fingerprint density at radius 3 is 2.69 bits per heavy atom. The van der Waals surface area contributed by atoms with Crippen molar-refractivity contribution < 1.29 is 14.0 Å². The van der Waals surface area contributed by atoms with Crippen LogP contribution in [0.5, 0.6) is 0 Å². The molecule has 0 bridgehead atoms. The first-order valence-corrected chi connectivity index (χ1v) is 9.00. The zero-order valence-electron chi connectivity index (χ0n) is 15.1. The molecule has 2 amide bonds. The van der Waals surface area contributed by atoms with Crippen LogP contribution in [0.15, 0.2) is 53.1 Å². The fraction of sp³-hybridized carbons (Fsp3) is 0.400. The molecule has 1 fully saturated rings. The van der Waals surface area contributed by atoms with Gasteiger partial charge in [0.15, 0.2) is 5.76 Å². The van der Waals surface area contributed by atoms with Gasteiger partial charge in [0.25, 0.3) is 5.91 Å². The Balaban J connectivity index is 1.51. The second-order valence-corrected chi connectivity index (χ2v) is 6.61. The summed E-state index contributed by atoms with van der Waals surface area (Å²) < 4.78 is 5.05. The number of furan rings is 1. The number of amides is 2. The van der Waals surface area contributed by atoms with Crippen LogP contribution < -0.4 is 5.32 Å². The summed E-state index contributed by atoms with van der Waals surface area (Å²) in [4.78, 5) is 28.8. The predicted octanol–water partition coefficient (Wildman–Crippen LogP) is 2.30. The molecule has 6 nitrogen and oxygen atoms in total. The molecule has 1 aliphatic rings. The van der Waals surface area contributed by atoms with Crippen molar-refractivity contribution in [3.63, 3.8) is 0 Å². The zero-order valence-corrected chi connectivity index (χ0v) is 15.1. The molecule has 2 heterocycles. The van der Waals surface area contributed by atoms with Gasteiger partial charge in [-0.2, -0.15) is 0 Å². The van der Waals surface area contributed by atoms with Crippen molar-refractivity contribution in [1.82, 2.24) is 15.1 Å². The molecule has 0 spiro atoms. The van der Waals surface area contributed by atoms with Crippen LogP contribution >= 0.6 is 0 Å². The second-order valence-electron chi connectivity index (χ2n) is 6.61. The van der Waals surface area contributed by atoms with Crippen LogP contribution in [0.2, 0.25) is 0 Å². The van der Waals surface area contributed by atoms with Crippen molar-refractivity contribution in [2.75, 3.05) is 33.2 Å². The van der Waals surface area contributed by atoms with Crippen LogP contribution in [0, 0.1) is 0 Å². The van der Waals surface area contributed by atoms with Crippen molar-refractivity contribution in [3.8, 4) is 0 Å². The third-order valence-corrected chi connectivity index (χ3v) is 4.69. The van der Waals surface area contributed by atoms with Gasteiger partial charge in [0.05, 0.1) is 12.3 Å². The van der Waals surface area contributed by atoms with E-state index < -0.39 is 0 Å². The topological polar surface area (TPSA) is 65.8 Å². The standard InChI is InChI=1S/C20H25N3O3/c1-22-12-13-23(17(15-22)16-7-3-2-4-8-16)19(24)10-5-11-21-20(25)18-9-6-14-26-18/h2-4,6-9,14,17H,5,10-13,15H2,1H3,(H,21,25). The van der Waals surface area contributed by atoms with Crippen molar-refractivity contribution in [2.24, 2.45) is 0 Å². The summed E-state index contributed by atoms with van der Waals surface area (Å²) in [6.07, 6.45) is 2.50. The monoisotopic (exact) mass is 355 g/mol. The molecule has 1 aliphatic heterocycles. The molecule has 0 aliphatic carbocycles. The highest BCUT2D eigenvalue weighted by Crippen LogP contribution is 2.25. The van der Waals surface area contributed by atoms with E-state index in [2.05, 4.69) is 29.4 Å². The van der Waals surface area contributed by atoms with Gasteiger partial charge in [-0.25, -0.2) is 0 Å². The lowest BCUT2D eigenvalue weighted by Gasteiger charge is -2.40. The Labute approximate surface area is 153 Å². The first-order chi connectivity index (χ1) is 12.6. The average molecular weight is 355 g/mol. The Bertz CT molecular complexity index is 715. The Morgan fingerprint density at radius 1 is 1.15 bits per heavy atom. The fourth-order valence-corrected chi connectivity index (χ4v) is 3.26. The molecule has 0 radical (unpaired) electrons. The minimum absolute atomic E-state index is 0.0835. The highest BCUT2D eigenvalue weighted by molar-refractivity contribution is 5.91. The van der Waals surface area contributed by atoms with E-state index in [4.69, 9.17) is 4.42 Å². The SMILES string of the molecule is CN1CCN(C(=O)CCCNC(=O)c2ccco2)C(c2ccccc2)C1. The molecule has 1 aromatic carbocycles. The molecule has 26 heavy (non-hydrogen) atoms. The average Bonchev–Trinajstić information content (AvgIpc) is 3.20. The Kier molecular flexibility index (Phi) is 6.07.